The number of azo groups is 1. The van der Waals surface area contributed by atoms with E-state index in [0.29, 0.717) is 16.7 Å². The van der Waals surface area contributed by atoms with Crippen LogP contribution in [-0.2, 0) is 20.9 Å². The molecule has 8 nitrogen and oxygen atoms in total. The maximum absolute atomic E-state index is 12.2. The highest BCUT2D eigenvalue weighted by Gasteiger charge is 2.19. The molecule has 1 heterocycles. The summed E-state index contributed by atoms with van der Waals surface area (Å²) in [7, 11) is 0. The van der Waals surface area contributed by atoms with Crippen LogP contribution in [0.25, 0.3) is 10.9 Å². The van der Waals surface area contributed by atoms with Crippen LogP contribution in [0.5, 0.6) is 11.6 Å². The highest BCUT2D eigenvalue weighted by Crippen LogP contribution is 2.38. The van der Waals surface area contributed by atoms with Crippen LogP contribution in [0.3, 0.4) is 0 Å². The zero-order valence-electron chi connectivity index (χ0n) is 17.1. The zero-order chi connectivity index (χ0) is 21.7. The minimum atomic E-state index is -0.598. The molecular formula is C22H23N3O5. The highest BCUT2D eigenvalue weighted by molar-refractivity contribution is 5.96. The number of amides is 1. The van der Waals surface area contributed by atoms with Crippen LogP contribution in [-0.4, -0.2) is 34.8 Å². The van der Waals surface area contributed by atoms with Crippen LogP contribution in [0.1, 0.15) is 18.1 Å². The number of aromatic hydroxyl groups is 1. The molecule has 30 heavy (non-hydrogen) atoms. The molecule has 8 heteroatoms. The number of fused-ring (bicyclic) bond motifs is 1. The number of ether oxygens (including phenoxy) is 2. The van der Waals surface area contributed by atoms with Gasteiger partial charge >= 0.3 is 11.9 Å². The average Bonchev–Trinajstić information content (AvgIpc) is 2.97. The molecule has 0 bridgehead atoms. The number of para-hydroxylation sites is 2. The second-order valence-corrected chi connectivity index (χ2v) is 6.68. The predicted octanol–water partition coefficient (Wildman–Crippen LogP) is 4.22. The molecule has 0 aliphatic carbocycles. The number of benzene rings is 2. The fourth-order valence-electron chi connectivity index (χ4n) is 3.16. The molecule has 0 saturated heterocycles. The van der Waals surface area contributed by atoms with Crippen molar-refractivity contribution in [1.29, 1.82) is 0 Å². The molecule has 3 aromatic rings. The van der Waals surface area contributed by atoms with Gasteiger partial charge in [-0.1, -0.05) is 36.4 Å². The van der Waals surface area contributed by atoms with Crippen molar-refractivity contribution in [2.75, 3.05) is 13.2 Å². The number of rotatable bonds is 7. The maximum atomic E-state index is 12.2. The fraction of sp³-hybridized carbons (Fsp3) is 0.273. The van der Waals surface area contributed by atoms with Crippen molar-refractivity contribution in [2.24, 2.45) is 10.2 Å². The summed E-state index contributed by atoms with van der Waals surface area (Å²) in [5, 5.41) is 18.8. The summed E-state index contributed by atoms with van der Waals surface area (Å²) in [6, 6.07) is 12.7. The lowest BCUT2D eigenvalue weighted by Crippen LogP contribution is -2.12. The van der Waals surface area contributed by atoms with Crippen LogP contribution in [0.15, 0.2) is 52.7 Å². The van der Waals surface area contributed by atoms with Crippen LogP contribution >= 0.6 is 0 Å². The van der Waals surface area contributed by atoms with E-state index >= 15 is 0 Å². The van der Waals surface area contributed by atoms with E-state index in [-0.39, 0.29) is 31.3 Å². The van der Waals surface area contributed by atoms with Gasteiger partial charge in [0.15, 0.2) is 12.3 Å². The van der Waals surface area contributed by atoms with Crippen molar-refractivity contribution in [3.05, 3.63) is 53.6 Å². The van der Waals surface area contributed by atoms with Crippen LogP contribution < -0.4 is 4.74 Å². The Kier molecular flexibility index (Phi) is 6.46. The Morgan fingerprint density at radius 2 is 1.77 bits per heavy atom. The second kappa shape index (κ2) is 9.21. The lowest BCUT2D eigenvalue weighted by atomic mass is 10.1. The Labute approximate surface area is 173 Å². The highest BCUT2D eigenvalue weighted by atomic mass is 16.5. The SMILES string of the molecule is CCOC(=O)Cn1c(O)c(N=NC(=O)COc2c(C)cccc2C)c2ccccc21. The molecule has 2 aromatic carbocycles. The number of hydrogen-bond acceptors (Lipinski definition) is 6. The summed E-state index contributed by atoms with van der Waals surface area (Å²) in [5.74, 6) is -0.721. The molecule has 0 aliphatic heterocycles. The quantitative estimate of drug-likeness (QED) is 0.465. The molecule has 0 radical (unpaired) electrons. The molecule has 3 rings (SSSR count). The monoisotopic (exact) mass is 409 g/mol. The summed E-state index contributed by atoms with van der Waals surface area (Å²) in [6.45, 7) is 5.27. The summed E-state index contributed by atoms with van der Waals surface area (Å²) in [4.78, 5) is 24.1. The Hall–Kier alpha value is -3.68. The van der Waals surface area contributed by atoms with Gasteiger partial charge in [0, 0.05) is 5.39 Å². The van der Waals surface area contributed by atoms with Gasteiger partial charge in [0.05, 0.1) is 12.1 Å². The predicted molar refractivity (Wildman–Crippen MR) is 111 cm³/mol. The van der Waals surface area contributed by atoms with E-state index in [9.17, 15) is 14.7 Å². The number of esters is 1. The molecule has 1 N–H and O–H groups in total. The molecule has 0 unspecified atom stereocenters. The number of carbonyl (C=O) groups excluding carboxylic acids is 2. The third kappa shape index (κ3) is 4.48. The molecule has 0 spiro atoms. The van der Waals surface area contributed by atoms with Gasteiger partial charge in [-0.15, -0.1) is 10.2 Å². The zero-order valence-corrected chi connectivity index (χ0v) is 17.1. The average molecular weight is 409 g/mol. The topological polar surface area (TPSA) is 102 Å². The minimum Gasteiger partial charge on any atom is -0.493 e. The minimum absolute atomic E-state index is 0.107. The molecule has 0 atom stereocenters. The third-order valence-corrected chi connectivity index (χ3v) is 4.52. The van der Waals surface area contributed by atoms with Gasteiger partial charge in [0.1, 0.15) is 12.3 Å². The van der Waals surface area contributed by atoms with E-state index < -0.39 is 11.9 Å². The van der Waals surface area contributed by atoms with E-state index in [1.54, 1.807) is 31.2 Å². The van der Waals surface area contributed by atoms with E-state index in [1.165, 1.54) is 4.57 Å². The molecule has 0 fully saturated rings. The molecule has 1 amide bonds. The van der Waals surface area contributed by atoms with Gasteiger partial charge in [-0.25, -0.2) is 0 Å². The smallest absolute Gasteiger partial charge is 0.326 e. The number of nitrogens with zero attached hydrogens (tertiary/aromatic N) is 3. The van der Waals surface area contributed by atoms with Gasteiger partial charge < -0.3 is 14.6 Å². The van der Waals surface area contributed by atoms with E-state index in [4.69, 9.17) is 9.47 Å². The van der Waals surface area contributed by atoms with Gasteiger partial charge in [0.2, 0.25) is 5.88 Å². The first-order valence-corrected chi connectivity index (χ1v) is 9.51. The van der Waals surface area contributed by atoms with Crippen molar-refractivity contribution in [2.45, 2.75) is 27.3 Å². The Bertz CT molecular complexity index is 1100. The van der Waals surface area contributed by atoms with Gasteiger partial charge in [-0.3, -0.25) is 14.2 Å². The lowest BCUT2D eigenvalue weighted by molar-refractivity contribution is -0.143. The second-order valence-electron chi connectivity index (χ2n) is 6.68. The van der Waals surface area contributed by atoms with Gasteiger partial charge in [-0.2, -0.15) is 0 Å². The van der Waals surface area contributed by atoms with Crippen molar-refractivity contribution in [3.8, 4) is 11.6 Å². The lowest BCUT2D eigenvalue weighted by Gasteiger charge is -2.09. The van der Waals surface area contributed by atoms with Crippen LogP contribution in [0, 0.1) is 13.8 Å². The van der Waals surface area contributed by atoms with Crippen molar-refractivity contribution >= 4 is 28.5 Å². The maximum Gasteiger partial charge on any atom is 0.326 e. The molecule has 0 aliphatic rings. The van der Waals surface area contributed by atoms with E-state index in [2.05, 4.69) is 10.2 Å². The summed E-state index contributed by atoms with van der Waals surface area (Å²) < 4.78 is 11.9. The summed E-state index contributed by atoms with van der Waals surface area (Å²) in [5.41, 5.74) is 2.52. The molecule has 1 aromatic heterocycles. The largest absolute Gasteiger partial charge is 0.493 e. The standard InChI is InChI=1S/C22H23N3O5/c1-4-29-19(27)12-25-17-11-6-5-10-16(17)20(22(25)28)24-23-18(26)13-30-21-14(2)8-7-9-15(21)3/h5-11,28H,4,12-13H2,1-3H3. The molecular weight excluding hydrogens is 386 g/mol. The Balaban J connectivity index is 1.81. The van der Waals surface area contributed by atoms with Gasteiger partial charge in [0.25, 0.3) is 0 Å². The van der Waals surface area contributed by atoms with Crippen LogP contribution in [0.4, 0.5) is 5.69 Å². The first kappa shape index (κ1) is 21.0. The Morgan fingerprint density at radius 3 is 2.47 bits per heavy atom. The van der Waals surface area contributed by atoms with E-state index in [1.807, 2.05) is 32.0 Å². The van der Waals surface area contributed by atoms with Crippen LogP contribution in [0.2, 0.25) is 0 Å². The van der Waals surface area contributed by atoms with Gasteiger partial charge in [-0.05, 0) is 38.0 Å². The van der Waals surface area contributed by atoms with E-state index in [0.717, 1.165) is 11.1 Å². The number of carbonyl (C=O) groups is 2. The first-order chi connectivity index (χ1) is 14.4. The van der Waals surface area contributed by atoms with Crippen molar-refractivity contribution in [3.63, 3.8) is 0 Å². The first-order valence-electron chi connectivity index (χ1n) is 9.51. The number of hydrogen-bond donors (Lipinski definition) is 1. The fourth-order valence-corrected chi connectivity index (χ4v) is 3.16. The molecule has 0 saturated carbocycles. The van der Waals surface area contributed by atoms with Crippen molar-refractivity contribution < 1.29 is 24.2 Å². The number of aromatic nitrogens is 1. The number of aryl methyl sites for hydroxylation is 2. The third-order valence-electron chi connectivity index (χ3n) is 4.52. The summed E-state index contributed by atoms with van der Waals surface area (Å²) >= 11 is 0. The Morgan fingerprint density at radius 1 is 1.07 bits per heavy atom. The normalized spacial score (nSPS) is 11.2. The summed E-state index contributed by atoms with van der Waals surface area (Å²) in [6.07, 6.45) is 0. The van der Waals surface area contributed by atoms with Crippen molar-refractivity contribution in [1.82, 2.24) is 4.57 Å². The molecule has 156 valence electrons.